The number of nitrogens with zero attached hydrogens (tertiary/aromatic N) is 1. The molecule has 1 saturated carbocycles. The lowest BCUT2D eigenvalue weighted by Crippen LogP contribution is -2.38. The predicted molar refractivity (Wildman–Crippen MR) is 68.1 cm³/mol. The van der Waals surface area contributed by atoms with Crippen LogP contribution in [0.1, 0.15) is 31.4 Å². The number of benzene rings is 1. The fraction of sp³-hybridized carbons (Fsp3) is 0.571. The molecule has 2 nitrogen and oxygen atoms in total. The Hall–Kier alpha value is -0.930. The van der Waals surface area contributed by atoms with Crippen LogP contribution in [0.5, 0.6) is 0 Å². The second-order valence-electron chi connectivity index (χ2n) is 5.05. The van der Waals surface area contributed by atoms with Gasteiger partial charge in [-0.05, 0) is 50.4 Å². The topological polar surface area (TPSA) is 29.3 Å². The average molecular weight is 236 g/mol. The molecule has 1 aromatic carbocycles. The van der Waals surface area contributed by atoms with E-state index in [1.165, 1.54) is 18.9 Å². The first kappa shape index (κ1) is 12.5. The van der Waals surface area contributed by atoms with E-state index in [1.54, 1.807) is 12.1 Å². The van der Waals surface area contributed by atoms with Crippen LogP contribution in [0.4, 0.5) is 4.39 Å². The number of hydrogen-bond acceptors (Lipinski definition) is 2. The molecule has 0 amide bonds. The summed E-state index contributed by atoms with van der Waals surface area (Å²) in [4.78, 5) is 2.28. The van der Waals surface area contributed by atoms with E-state index in [4.69, 9.17) is 5.73 Å². The Kier molecular flexibility index (Phi) is 3.79. The molecule has 2 unspecified atom stereocenters. The third kappa shape index (κ3) is 2.85. The Labute approximate surface area is 103 Å². The van der Waals surface area contributed by atoms with Crippen LogP contribution in [0.3, 0.4) is 0 Å². The van der Waals surface area contributed by atoms with Gasteiger partial charge in [-0.3, -0.25) is 4.90 Å². The van der Waals surface area contributed by atoms with Gasteiger partial charge in [-0.25, -0.2) is 4.39 Å². The molecule has 1 aromatic rings. The van der Waals surface area contributed by atoms with Crippen molar-refractivity contribution in [3.63, 3.8) is 0 Å². The molecule has 0 radical (unpaired) electrons. The van der Waals surface area contributed by atoms with Crippen molar-refractivity contribution in [3.8, 4) is 0 Å². The van der Waals surface area contributed by atoms with E-state index >= 15 is 0 Å². The highest BCUT2D eigenvalue weighted by molar-refractivity contribution is 5.21. The molecule has 0 spiro atoms. The summed E-state index contributed by atoms with van der Waals surface area (Å²) in [6.07, 6.45) is 2.62. The van der Waals surface area contributed by atoms with Crippen molar-refractivity contribution in [1.29, 1.82) is 0 Å². The molecular formula is C14H21FN2. The standard InChI is InChI=1S/C14H21FN2/c1-10(11-6-7-11)17(2)14(9-16)12-4-3-5-13(15)8-12/h3-5,8,10-11,14H,6-7,9,16H2,1-2H3. The summed E-state index contributed by atoms with van der Waals surface area (Å²) in [7, 11) is 2.09. The Morgan fingerprint density at radius 3 is 2.71 bits per heavy atom. The summed E-state index contributed by atoms with van der Waals surface area (Å²) in [5.41, 5.74) is 6.82. The molecule has 0 heterocycles. The SMILES string of the molecule is CC(C1CC1)N(C)C(CN)c1cccc(F)c1. The highest BCUT2D eigenvalue weighted by Crippen LogP contribution is 2.37. The van der Waals surface area contributed by atoms with E-state index in [2.05, 4.69) is 18.9 Å². The second kappa shape index (κ2) is 5.15. The maximum atomic E-state index is 13.2. The molecule has 2 atom stereocenters. The Bertz CT molecular complexity index is 376. The van der Waals surface area contributed by atoms with Gasteiger partial charge in [-0.15, -0.1) is 0 Å². The monoisotopic (exact) mass is 236 g/mol. The molecule has 0 aliphatic heterocycles. The first-order valence-corrected chi connectivity index (χ1v) is 6.31. The maximum Gasteiger partial charge on any atom is 0.123 e. The van der Waals surface area contributed by atoms with Gasteiger partial charge < -0.3 is 5.73 Å². The number of rotatable bonds is 5. The van der Waals surface area contributed by atoms with Gasteiger partial charge >= 0.3 is 0 Å². The smallest absolute Gasteiger partial charge is 0.123 e. The molecule has 3 heteroatoms. The van der Waals surface area contributed by atoms with E-state index < -0.39 is 0 Å². The van der Waals surface area contributed by atoms with Crippen LogP contribution in [-0.2, 0) is 0 Å². The minimum atomic E-state index is -0.187. The van der Waals surface area contributed by atoms with Crippen molar-refractivity contribution in [2.75, 3.05) is 13.6 Å². The number of halogens is 1. The van der Waals surface area contributed by atoms with Gasteiger partial charge in [0, 0.05) is 18.6 Å². The summed E-state index contributed by atoms with van der Waals surface area (Å²) in [6.45, 7) is 2.76. The summed E-state index contributed by atoms with van der Waals surface area (Å²) in [6, 6.07) is 7.41. The van der Waals surface area contributed by atoms with Crippen molar-refractivity contribution >= 4 is 0 Å². The quantitative estimate of drug-likeness (QED) is 0.851. The fourth-order valence-corrected chi connectivity index (χ4v) is 2.45. The summed E-state index contributed by atoms with van der Waals surface area (Å²) in [5, 5.41) is 0. The van der Waals surface area contributed by atoms with Gasteiger partial charge in [0.15, 0.2) is 0 Å². The molecule has 17 heavy (non-hydrogen) atoms. The van der Waals surface area contributed by atoms with Gasteiger partial charge in [-0.2, -0.15) is 0 Å². The first-order chi connectivity index (χ1) is 8.13. The number of likely N-dealkylation sites (N-methyl/N-ethyl adjacent to an activating group) is 1. The fourth-order valence-electron chi connectivity index (χ4n) is 2.45. The zero-order valence-electron chi connectivity index (χ0n) is 10.6. The average Bonchev–Trinajstić information content (AvgIpc) is 3.13. The Morgan fingerprint density at radius 1 is 1.47 bits per heavy atom. The number of nitrogens with two attached hydrogens (primary N) is 1. The Balaban J connectivity index is 2.14. The van der Waals surface area contributed by atoms with Crippen molar-refractivity contribution < 1.29 is 4.39 Å². The largest absolute Gasteiger partial charge is 0.329 e. The van der Waals surface area contributed by atoms with Crippen molar-refractivity contribution in [2.45, 2.75) is 31.8 Å². The lowest BCUT2D eigenvalue weighted by Gasteiger charge is -2.33. The molecule has 0 saturated heterocycles. The zero-order chi connectivity index (χ0) is 12.4. The highest BCUT2D eigenvalue weighted by Gasteiger charge is 2.33. The molecule has 1 fully saturated rings. The van der Waals surface area contributed by atoms with Crippen LogP contribution in [0.15, 0.2) is 24.3 Å². The van der Waals surface area contributed by atoms with E-state index in [0.29, 0.717) is 12.6 Å². The van der Waals surface area contributed by atoms with Gasteiger partial charge in [0.2, 0.25) is 0 Å². The second-order valence-corrected chi connectivity index (χ2v) is 5.05. The number of hydrogen-bond donors (Lipinski definition) is 1. The minimum Gasteiger partial charge on any atom is -0.329 e. The lowest BCUT2D eigenvalue weighted by atomic mass is 10.0. The predicted octanol–water partition coefficient (Wildman–Crippen LogP) is 2.56. The molecule has 1 aliphatic rings. The van der Waals surface area contributed by atoms with Crippen LogP contribution >= 0.6 is 0 Å². The molecule has 94 valence electrons. The van der Waals surface area contributed by atoms with Gasteiger partial charge in [0.05, 0.1) is 0 Å². The van der Waals surface area contributed by atoms with Gasteiger partial charge in [-0.1, -0.05) is 12.1 Å². The summed E-state index contributed by atoms with van der Waals surface area (Å²) < 4.78 is 13.2. The maximum absolute atomic E-state index is 13.2. The van der Waals surface area contributed by atoms with Crippen LogP contribution in [0, 0.1) is 11.7 Å². The van der Waals surface area contributed by atoms with E-state index in [1.807, 2.05) is 6.07 Å². The zero-order valence-corrected chi connectivity index (χ0v) is 10.6. The third-order valence-corrected chi connectivity index (χ3v) is 3.89. The van der Waals surface area contributed by atoms with E-state index in [-0.39, 0.29) is 11.9 Å². The molecule has 0 aromatic heterocycles. The Morgan fingerprint density at radius 2 is 2.18 bits per heavy atom. The molecule has 1 aliphatic carbocycles. The normalized spacial score (nSPS) is 19.4. The van der Waals surface area contributed by atoms with Crippen LogP contribution < -0.4 is 5.73 Å². The molecule has 2 rings (SSSR count). The van der Waals surface area contributed by atoms with Crippen molar-refractivity contribution in [3.05, 3.63) is 35.6 Å². The van der Waals surface area contributed by atoms with Crippen LogP contribution in [0.2, 0.25) is 0 Å². The van der Waals surface area contributed by atoms with Crippen LogP contribution in [-0.4, -0.2) is 24.5 Å². The third-order valence-electron chi connectivity index (χ3n) is 3.89. The lowest BCUT2D eigenvalue weighted by molar-refractivity contribution is 0.171. The molecule has 0 bridgehead atoms. The van der Waals surface area contributed by atoms with Gasteiger partial charge in [0.25, 0.3) is 0 Å². The highest BCUT2D eigenvalue weighted by atomic mass is 19.1. The van der Waals surface area contributed by atoms with Gasteiger partial charge in [0.1, 0.15) is 5.82 Å². The first-order valence-electron chi connectivity index (χ1n) is 6.31. The minimum absolute atomic E-state index is 0.112. The molecular weight excluding hydrogens is 215 g/mol. The summed E-state index contributed by atoms with van der Waals surface area (Å²) in [5.74, 6) is 0.607. The van der Waals surface area contributed by atoms with E-state index in [9.17, 15) is 4.39 Å². The van der Waals surface area contributed by atoms with E-state index in [0.717, 1.165) is 11.5 Å². The van der Waals surface area contributed by atoms with Crippen LogP contribution in [0.25, 0.3) is 0 Å². The van der Waals surface area contributed by atoms with Crippen molar-refractivity contribution in [1.82, 2.24) is 4.90 Å². The van der Waals surface area contributed by atoms with Crippen molar-refractivity contribution in [2.24, 2.45) is 11.7 Å². The molecule has 2 N–H and O–H groups in total. The summed E-state index contributed by atoms with van der Waals surface area (Å²) >= 11 is 0.